The van der Waals surface area contributed by atoms with Crippen molar-refractivity contribution >= 4 is 16.6 Å². The van der Waals surface area contributed by atoms with Gasteiger partial charge in [-0.05, 0) is 23.3 Å². The van der Waals surface area contributed by atoms with Crippen LogP contribution in [-0.2, 0) is 12.0 Å². The number of halogens is 3. The summed E-state index contributed by atoms with van der Waals surface area (Å²) in [4.78, 5) is 8.87. The molecule has 3 aromatic carbocycles. The minimum absolute atomic E-state index is 0.137. The van der Waals surface area contributed by atoms with Crippen molar-refractivity contribution in [2.75, 3.05) is 0 Å². The van der Waals surface area contributed by atoms with E-state index < -0.39 is 11.7 Å². The smallest absolute Gasteiger partial charge is 0.263 e. The van der Waals surface area contributed by atoms with Crippen LogP contribution in [0.3, 0.4) is 0 Å². The van der Waals surface area contributed by atoms with Crippen LogP contribution in [0.2, 0.25) is 0 Å². The minimum Gasteiger partial charge on any atom is -0.263 e. The summed E-state index contributed by atoms with van der Waals surface area (Å²) in [6, 6.07) is 24.5. The van der Waals surface area contributed by atoms with Gasteiger partial charge in [0, 0.05) is 29.1 Å². The molecule has 1 aliphatic rings. The summed E-state index contributed by atoms with van der Waals surface area (Å²) in [6.45, 7) is 0. The second-order valence-electron chi connectivity index (χ2n) is 7.44. The van der Waals surface area contributed by atoms with Gasteiger partial charge >= 0.3 is 6.18 Å². The Morgan fingerprint density at radius 1 is 0.800 bits per heavy atom. The number of benzene rings is 3. The van der Waals surface area contributed by atoms with E-state index in [1.54, 1.807) is 36.5 Å². The summed E-state index contributed by atoms with van der Waals surface area (Å²) in [5.41, 5.74) is 0.807. The third-order valence-electron chi connectivity index (χ3n) is 5.61. The number of rotatable bonds is 2. The monoisotopic (exact) mass is 402 g/mol. The molecule has 0 spiro atoms. The number of nitrogens with zero attached hydrogens (tertiary/aromatic N) is 2. The molecule has 1 aromatic heterocycles. The molecular weight excluding hydrogens is 385 g/mol. The van der Waals surface area contributed by atoms with Crippen LogP contribution in [0.5, 0.6) is 0 Å². The van der Waals surface area contributed by atoms with E-state index in [0.29, 0.717) is 22.4 Å². The summed E-state index contributed by atoms with van der Waals surface area (Å²) >= 11 is 0. The van der Waals surface area contributed by atoms with Crippen LogP contribution in [0.15, 0.2) is 96.1 Å². The van der Waals surface area contributed by atoms with Crippen LogP contribution in [0.25, 0.3) is 10.9 Å². The van der Waals surface area contributed by atoms with E-state index in [9.17, 15) is 13.2 Å². The maximum atomic E-state index is 14.6. The van der Waals surface area contributed by atoms with Gasteiger partial charge in [-0.2, -0.15) is 13.2 Å². The lowest BCUT2D eigenvalue weighted by Gasteiger charge is -2.37. The Bertz CT molecular complexity index is 1260. The number of fused-ring (bicyclic) bond motifs is 2. The summed E-state index contributed by atoms with van der Waals surface area (Å²) in [6.07, 6.45) is -3.19. The fourth-order valence-electron chi connectivity index (χ4n) is 4.10. The zero-order chi connectivity index (χ0) is 20.8. The van der Waals surface area contributed by atoms with Crippen molar-refractivity contribution in [1.29, 1.82) is 0 Å². The molecule has 1 atom stereocenters. The average Bonchev–Trinajstić information content (AvgIpc) is 2.78. The predicted molar refractivity (Wildman–Crippen MR) is 112 cm³/mol. The van der Waals surface area contributed by atoms with E-state index in [2.05, 4.69) is 9.98 Å². The van der Waals surface area contributed by atoms with Crippen LogP contribution in [0, 0.1) is 0 Å². The quantitative estimate of drug-likeness (QED) is 0.399. The number of para-hydroxylation sites is 1. The first kappa shape index (κ1) is 18.6. The van der Waals surface area contributed by atoms with E-state index in [1.807, 2.05) is 42.5 Å². The first-order chi connectivity index (χ1) is 14.5. The SMILES string of the molecule is FC(F)(F)C1(c2ccccc2)Cc2ccccc2C(c2cnc3ccccc3c2)=N1. The second-order valence-corrected chi connectivity index (χ2v) is 7.44. The van der Waals surface area contributed by atoms with Gasteiger partial charge in [-0.1, -0.05) is 72.8 Å². The average molecular weight is 402 g/mol. The molecule has 0 amide bonds. The Morgan fingerprint density at radius 2 is 1.50 bits per heavy atom. The zero-order valence-corrected chi connectivity index (χ0v) is 15.9. The molecule has 5 heteroatoms. The molecule has 148 valence electrons. The minimum atomic E-state index is -4.56. The zero-order valence-electron chi connectivity index (χ0n) is 15.9. The Morgan fingerprint density at radius 3 is 2.30 bits per heavy atom. The lowest BCUT2D eigenvalue weighted by atomic mass is 9.78. The number of alkyl halides is 3. The van der Waals surface area contributed by atoms with E-state index in [4.69, 9.17) is 0 Å². The maximum absolute atomic E-state index is 14.6. The van der Waals surface area contributed by atoms with Crippen molar-refractivity contribution in [3.63, 3.8) is 0 Å². The van der Waals surface area contributed by atoms with Crippen molar-refractivity contribution in [1.82, 2.24) is 4.98 Å². The summed E-state index contributed by atoms with van der Waals surface area (Å²) in [5, 5.41) is 0.859. The van der Waals surface area contributed by atoms with Crippen LogP contribution in [-0.4, -0.2) is 16.9 Å². The normalized spacial score (nSPS) is 18.7. The van der Waals surface area contributed by atoms with Crippen molar-refractivity contribution in [2.45, 2.75) is 18.1 Å². The Labute approximate surface area is 171 Å². The maximum Gasteiger partial charge on any atom is 0.418 e. The number of aromatic nitrogens is 1. The highest BCUT2D eigenvalue weighted by Gasteiger charge is 2.57. The van der Waals surface area contributed by atoms with Gasteiger partial charge in [-0.3, -0.25) is 9.98 Å². The molecule has 30 heavy (non-hydrogen) atoms. The Balaban J connectivity index is 1.80. The first-order valence-corrected chi connectivity index (χ1v) is 9.63. The lowest BCUT2D eigenvalue weighted by molar-refractivity contribution is -0.188. The van der Waals surface area contributed by atoms with Crippen LogP contribution < -0.4 is 0 Å². The lowest BCUT2D eigenvalue weighted by Crippen LogP contribution is -2.46. The third-order valence-corrected chi connectivity index (χ3v) is 5.61. The van der Waals surface area contributed by atoms with E-state index in [0.717, 1.165) is 10.9 Å². The number of pyridine rings is 1. The van der Waals surface area contributed by atoms with Gasteiger partial charge < -0.3 is 0 Å². The summed E-state index contributed by atoms with van der Waals surface area (Å²) in [5.74, 6) is 0. The van der Waals surface area contributed by atoms with Gasteiger partial charge in [0.25, 0.3) is 0 Å². The molecule has 5 rings (SSSR count). The molecular formula is C25H17F3N2. The van der Waals surface area contributed by atoms with Gasteiger partial charge in [0.1, 0.15) is 0 Å². The summed E-state index contributed by atoms with van der Waals surface area (Å²) in [7, 11) is 0. The predicted octanol–water partition coefficient (Wildman–Crippen LogP) is 6.09. The molecule has 0 radical (unpaired) electrons. The molecule has 0 saturated carbocycles. The number of hydrogen-bond donors (Lipinski definition) is 0. The fourth-order valence-corrected chi connectivity index (χ4v) is 4.10. The Hall–Kier alpha value is -3.47. The van der Waals surface area contributed by atoms with Crippen molar-refractivity contribution < 1.29 is 13.2 Å². The Kier molecular flexibility index (Phi) is 4.21. The fraction of sp³-hybridized carbons (Fsp3) is 0.120. The molecule has 1 unspecified atom stereocenters. The molecule has 1 aliphatic heterocycles. The highest BCUT2D eigenvalue weighted by molar-refractivity contribution is 6.15. The highest BCUT2D eigenvalue weighted by atomic mass is 19.4. The van der Waals surface area contributed by atoms with E-state index >= 15 is 0 Å². The molecule has 4 aromatic rings. The van der Waals surface area contributed by atoms with Crippen molar-refractivity contribution in [3.05, 3.63) is 113 Å². The van der Waals surface area contributed by atoms with Crippen LogP contribution in [0.4, 0.5) is 13.2 Å². The topological polar surface area (TPSA) is 25.2 Å². The standard InChI is InChI=1S/C25H17F3N2/c26-25(27,28)24(20-10-2-1-3-11-20)15-18-9-4-6-12-21(18)23(30-24)19-14-17-8-5-7-13-22(17)29-16-19/h1-14,16H,15H2. The second kappa shape index (κ2) is 6.80. The van der Waals surface area contributed by atoms with E-state index in [-0.39, 0.29) is 12.0 Å². The van der Waals surface area contributed by atoms with Crippen molar-refractivity contribution in [2.24, 2.45) is 4.99 Å². The molecule has 0 aliphatic carbocycles. The number of hydrogen-bond acceptors (Lipinski definition) is 2. The molecule has 0 fully saturated rings. The molecule has 2 heterocycles. The van der Waals surface area contributed by atoms with Gasteiger partial charge in [0.2, 0.25) is 0 Å². The third kappa shape index (κ3) is 2.89. The first-order valence-electron chi connectivity index (χ1n) is 9.63. The van der Waals surface area contributed by atoms with Gasteiger partial charge in [-0.25, -0.2) is 0 Å². The van der Waals surface area contributed by atoms with Gasteiger partial charge in [-0.15, -0.1) is 0 Å². The summed E-state index contributed by atoms with van der Waals surface area (Å²) < 4.78 is 43.8. The molecule has 0 N–H and O–H groups in total. The largest absolute Gasteiger partial charge is 0.418 e. The molecule has 0 saturated heterocycles. The highest BCUT2D eigenvalue weighted by Crippen LogP contribution is 2.48. The van der Waals surface area contributed by atoms with Gasteiger partial charge in [0.15, 0.2) is 5.54 Å². The molecule has 0 bridgehead atoms. The van der Waals surface area contributed by atoms with Crippen molar-refractivity contribution in [3.8, 4) is 0 Å². The molecule has 2 nitrogen and oxygen atoms in total. The van der Waals surface area contributed by atoms with Crippen LogP contribution >= 0.6 is 0 Å². The van der Waals surface area contributed by atoms with E-state index in [1.165, 1.54) is 12.1 Å². The number of aliphatic imine (C=N–C) groups is 1. The van der Waals surface area contributed by atoms with Gasteiger partial charge in [0.05, 0.1) is 11.2 Å². The van der Waals surface area contributed by atoms with Crippen LogP contribution in [0.1, 0.15) is 22.3 Å².